The van der Waals surface area contributed by atoms with Crippen LogP contribution in [0.1, 0.15) is 81.1 Å². The number of hydrogen-bond donors (Lipinski definition) is 0. The Hall–Kier alpha value is 1.38. The van der Waals surface area contributed by atoms with Crippen molar-refractivity contribution in [3.8, 4) is 0 Å². The predicted molar refractivity (Wildman–Crippen MR) is 148 cm³/mol. The maximum Gasteiger partial charge on any atom is 0.00805 e. The van der Waals surface area contributed by atoms with Gasteiger partial charge in [-0.1, -0.05) is 71.2 Å². The van der Waals surface area contributed by atoms with E-state index in [2.05, 4.69) is 107 Å². The smallest absolute Gasteiger partial charge is 0.00805 e. The minimum Gasteiger partial charge on any atom is -0.0919 e. The Morgan fingerprint density at radius 2 is 0.697 bits per heavy atom. The van der Waals surface area contributed by atoms with Gasteiger partial charge < -0.3 is 0 Å². The minimum atomic E-state index is 0. The molecule has 0 bridgehead atoms. The zero-order chi connectivity index (χ0) is 23.4. The summed E-state index contributed by atoms with van der Waals surface area (Å²) in [6, 6.07) is 0. The van der Waals surface area contributed by atoms with Crippen LogP contribution in [-0.4, -0.2) is 22.6 Å². The first-order chi connectivity index (χ1) is 15.2. The number of hydrogen-bond acceptors (Lipinski definition) is 0. The second-order valence-corrected chi connectivity index (χ2v) is 16.8. The summed E-state index contributed by atoms with van der Waals surface area (Å²) in [6.07, 6.45) is 24.1. The molecule has 10 radical (unpaired) electrons. The van der Waals surface area contributed by atoms with Gasteiger partial charge in [-0.15, -0.1) is 0 Å². The molecule has 2 saturated carbocycles. The van der Waals surface area contributed by atoms with Crippen molar-refractivity contribution < 1.29 is 17.1 Å². The zero-order valence-corrected chi connectivity index (χ0v) is 25.2. The average molecular weight is 527 g/mol. The summed E-state index contributed by atoms with van der Waals surface area (Å²) in [7, 11) is 0.182. The van der Waals surface area contributed by atoms with Gasteiger partial charge in [0, 0.05) is 28.4 Å². The van der Waals surface area contributed by atoms with E-state index in [0.29, 0.717) is 0 Å². The molecule has 3 heteroatoms. The van der Waals surface area contributed by atoms with Crippen LogP contribution in [0.25, 0.3) is 0 Å². The van der Waals surface area contributed by atoms with E-state index >= 15 is 0 Å². The fourth-order valence-electron chi connectivity index (χ4n) is 6.19. The topological polar surface area (TPSA) is 0 Å². The summed E-state index contributed by atoms with van der Waals surface area (Å²) in [5, 5.41) is 0. The van der Waals surface area contributed by atoms with E-state index in [1.165, 1.54) is 25.7 Å². The largest absolute Gasteiger partial charge is 0.0919 e. The molecular formula is C30H48FeP2. The monoisotopic (exact) mass is 526 g/mol. The molecule has 4 fully saturated rings. The Morgan fingerprint density at radius 1 is 0.485 bits per heavy atom. The predicted octanol–water partition coefficient (Wildman–Crippen LogP) is 9.35. The maximum atomic E-state index is 2.41. The Labute approximate surface area is 222 Å². The molecule has 0 amide bonds. The van der Waals surface area contributed by atoms with Crippen molar-refractivity contribution in [3.63, 3.8) is 0 Å². The molecule has 0 nitrogen and oxygen atoms in total. The van der Waals surface area contributed by atoms with Crippen LogP contribution >= 0.6 is 15.8 Å². The van der Waals surface area contributed by atoms with Gasteiger partial charge in [-0.05, 0) is 123 Å². The third-order valence-electron chi connectivity index (χ3n) is 7.91. The Morgan fingerprint density at radius 3 is 0.879 bits per heavy atom. The van der Waals surface area contributed by atoms with Crippen LogP contribution in [0.4, 0.5) is 0 Å². The Balaban J connectivity index is 0.000000227. The average Bonchev–Trinajstić information content (AvgIpc) is 3.54. The molecule has 4 aliphatic rings. The summed E-state index contributed by atoms with van der Waals surface area (Å²) in [5.74, 6) is 3.41. The van der Waals surface area contributed by atoms with Crippen molar-refractivity contribution in [2.24, 2.45) is 23.7 Å². The van der Waals surface area contributed by atoms with E-state index in [1.54, 1.807) is 11.3 Å². The van der Waals surface area contributed by atoms with E-state index in [1.807, 2.05) is 0 Å². The van der Waals surface area contributed by atoms with Crippen molar-refractivity contribution in [1.29, 1.82) is 0 Å². The summed E-state index contributed by atoms with van der Waals surface area (Å²) < 4.78 is 0. The Bertz CT molecular complexity index is 453. The molecule has 0 aromatic carbocycles. The fraction of sp³-hybridized carbons (Fsp3) is 0.667. The SMILES string of the molecule is CC(C)[C@@H]1CC[C@@H](C(C)C)P1[C]1[CH][CH][CH][CH]1.CC(C)[C@@H]1CC[C@@H](C(C)C)P1[C]1[CH][CH][CH][CH]1.[Fe]. The van der Waals surface area contributed by atoms with Gasteiger partial charge in [0.25, 0.3) is 0 Å². The first kappa shape index (κ1) is 30.6. The molecule has 0 N–H and O–H groups in total. The van der Waals surface area contributed by atoms with Crippen LogP contribution < -0.4 is 0 Å². The molecule has 0 unspecified atom stereocenters. The molecule has 33 heavy (non-hydrogen) atoms. The van der Waals surface area contributed by atoms with Crippen LogP contribution in [0.2, 0.25) is 0 Å². The second kappa shape index (κ2) is 14.4. The first-order valence-electron chi connectivity index (χ1n) is 13.2. The molecule has 2 aliphatic carbocycles. The van der Waals surface area contributed by atoms with Crippen LogP contribution in [0, 0.1) is 86.4 Å². The van der Waals surface area contributed by atoms with Crippen molar-refractivity contribution in [1.82, 2.24) is 0 Å². The van der Waals surface area contributed by atoms with Crippen LogP contribution in [0.5, 0.6) is 0 Å². The summed E-state index contributed by atoms with van der Waals surface area (Å²) in [6.45, 7) is 19.3. The summed E-state index contributed by atoms with van der Waals surface area (Å²) >= 11 is 0. The van der Waals surface area contributed by atoms with Gasteiger partial charge in [-0.2, -0.15) is 0 Å². The van der Waals surface area contributed by atoms with Gasteiger partial charge in [-0.25, -0.2) is 0 Å². The molecule has 186 valence electrons. The zero-order valence-electron chi connectivity index (χ0n) is 22.3. The van der Waals surface area contributed by atoms with Crippen LogP contribution in [0.3, 0.4) is 0 Å². The van der Waals surface area contributed by atoms with Crippen LogP contribution in [0.15, 0.2) is 0 Å². The van der Waals surface area contributed by atoms with Crippen molar-refractivity contribution in [2.45, 2.75) is 104 Å². The van der Waals surface area contributed by atoms with E-state index in [-0.39, 0.29) is 32.9 Å². The molecule has 2 aliphatic heterocycles. The van der Waals surface area contributed by atoms with Crippen molar-refractivity contribution in [3.05, 3.63) is 62.7 Å². The molecule has 0 spiro atoms. The molecule has 0 aromatic rings. The molecule has 4 atom stereocenters. The third-order valence-corrected chi connectivity index (χ3v) is 16.0. The third kappa shape index (κ3) is 7.69. The fourth-order valence-corrected chi connectivity index (χ4v) is 14.0. The maximum absolute atomic E-state index is 2.41. The quantitative estimate of drug-likeness (QED) is 0.239. The number of rotatable bonds is 6. The molecule has 2 heterocycles. The first-order valence-corrected chi connectivity index (χ1v) is 16.2. The van der Waals surface area contributed by atoms with Gasteiger partial charge in [0.2, 0.25) is 0 Å². The van der Waals surface area contributed by atoms with Gasteiger partial charge in [0.1, 0.15) is 0 Å². The molecule has 0 aromatic heterocycles. The van der Waals surface area contributed by atoms with Gasteiger partial charge in [0.05, 0.1) is 0 Å². The van der Waals surface area contributed by atoms with Gasteiger partial charge >= 0.3 is 0 Å². The standard InChI is InChI=1S/2C15H24P.Fe/c2*1-11(2)14-9-10-15(12(3)4)16(14)13-7-5-6-8-13;/h2*5-8,11-12,14-15H,9-10H2,1-4H3;/t2*14-,15-;/m00./s1. The summed E-state index contributed by atoms with van der Waals surface area (Å²) in [5.41, 5.74) is 7.17. The van der Waals surface area contributed by atoms with E-state index in [0.717, 1.165) is 46.3 Å². The van der Waals surface area contributed by atoms with Gasteiger partial charge in [-0.3, -0.25) is 0 Å². The van der Waals surface area contributed by atoms with Crippen molar-refractivity contribution >= 4 is 15.8 Å². The van der Waals surface area contributed by atoms with E-state index in [4.69, 9.17) is 0 Å². The van der Waals surface area contributed by atoms with Crippen LogP contribution in [-0.2, 0) is 17.1 Å². The summed E-state index contributed by atoms with van der Waals surface area (Å²) in [4.78, 5) is 0. The molecular weight excluding hydrogens is 478 g/mol. The van der Waals surface area contributed by atoms with Crippen molar-refractivity contribution in [2.75, 3.05) is 0 Å². The van der Waals surface area contributed by atoms with E-state index < -0.39 is 0 Å². The van der Waals surface area contributed by atoms with E-state index in [9.17, 15) is 0 Å². The minimum absolute atomic E-state index is 0. The Kier molecular flexibility index (Phi) is 13.3. The second-order valence-electron chi connectivity index (χ2n) is 11.5. The normalized spacial score (nSPS) is 32.4. The van der Waals surface area contributed by atoms with Gasteiger partial charge in [0.15, 0.2) is 0 Å². The molecule has 4 rings (SSSR count). The molecule has 2 saturated heterocycles.